The number of rotatable bonds is 1. The Bertz CT molecular complexity index is 877. The third kappa shape index (κ3) is 1.81. The summed E-state index contributed by atoms with van der Waals surface area (Å²) in [4.78, 5) is 26.1. The third-order valence-corrected chi connectivity index (χ3v) is 2.94. The number of hydrogen-bond donors (Lipinski definition) is 2. The number of nitrogens with two attached hydrogens (primary N) is 1. The van der Waals surface area contributed by atoms with Gasteiger partial charge in [0.25, 0.3) is 5.56 Å². The molecular formula is C14H11N3O2. The maximum atomic E-state index is 12.0. The lowest BCUT2D eigenvalue weighted by Gasteiger charge is -2.09. The van der Waals surface area contributed by atoms with Crippen molar-refractivity contribution >= 4 is 16.6 Å². The predicted octanol–water partition coefficient (Wildman–Crippen LogP) is 1.26. The molecule has 0 fully saturated rings. The van der Waals surface area contributed by atoms with Crippen LogP contribution in [0.25, 0.3) is 16.6 Å². The molecule has 0 saturated heterocycles. The molecule has 94 valence electrons. The van der Waals surface area contributed by atoms with Gasteiger partial charge < -0.3 is 5.73 Å². The molecule has 1 aromatic heterocycles. The van der Waals surface area contributed by atoms with Gasteiger partial charge in [0.1, 0.15) is 0 Å². The van der Waals surface area contributed by atoms with Crippen molar-refractivity contribution in [1.82, 2.24) is 9.55 Å². The zero-order valence-corrected chi connectivity index (χ0v) is 9.96. The fourth-order valence-corrected chi connectivity index (χ4v) is 2.11. The highest BCUT2D eigenvalue weighted by Crippen LogP contribution is 2.15. The molecule has 0 saturated carbocycles. The highest BCUT2D eigenvalue weighted by atomic mass is 16.2. The molecule has 0 spiro atoms. The first-order valence-electron chi connectivity index (χ1n) is 5.77. The second-order valence-corrected chi connectivity index (χ2v) is 4.21. The topological polar surface area (TPSA) is 80.9 Å². The Morgan fingerprint density at radius 2 is 1.79 bits per heavy atom. The molecule has 0 aliphatic carbocycles. The standard InChI is InChI=1S/C14H11N3O2/c15-9-4-3-5-10(8-9)17-12-7-2-1-6-11(12)13(18)16-14(17)19/h1-8H,15H2,(H,16,18,19). The molecule has 19 heavy (non-hydrogen) atoms. The summed E-state index contributed by atoms with van der Waals surface area (Å²) in [5.41, 5.74) is 6.60. The highest BCUT2D eigenvalue weighted by molar-refractivity contribution is 5.79. The zero-order chi connectivity index (χ0) is 13.4. The van der Waals surface area contributed by atoms with E-state index in [1.54, 1.807) is 48.5 Å². The molecule has 0 aliphatic heterocycles. The molecule has 0 atom stereocenters. The minimum absolute atomic E-state index is 0.388. The summed E-state index contributed by atoms with van der Waals surface area (Å²) in [6, 6.07) is 13.9. The molecule has 0 radical (unpaired) electrons. The van der Waals surface area contributed by atoms with Gasteiger partial charge >= 0.3 is 5.69 Å². The van der Waals surface area contributed by atoms with Crippen LogP contribution < -0.4 is 17.0 Å². The minimum atomic E-state index is -0.477. The van der Waals surface area contributed by atoms with Crippen molar-refractivity contribution in [3.8, 4) is 5.69 Å². The first-order valence-corrected chi connectivity index (χ1v) is 5.77. The van der Waals surface area contributed by atoms with Crippen molar-refractivity contribution in [2.75, 3.05) is 5.73 Å². The average Bonchev–Trinajstić information content (AvgIpc) is 2.39. The summed E-state index contributed by atoms with van der Waals surface area (Å²) in [5, 5.41) is 0.463. The number of para-hydroxylation sites is 1. The molecule has 0 aliphatic rings. The Kier molecular flexibility index (Phi) is 2.45. The van der Waals surface area contributed by atoms with Gasteiger partial charge in [-0.1, -0.05) is 18.2 Å². The van der Waals surface area contributed by atoms with Gasteiger partial charge in [0, 0.05) is 5.69 Å². The SMILES string of the molecule is Nc1cccc(-n2c(=O)[nH]c(=O)c3ccccc32)c1. The lowest BCUT2D eigenvalue weighted by molar-refractivity contribution is 0.943. The van der Waals surface area contributed by atoms with Gasteiger partial charge in [0.05, 0.1) is 16.6 Å². The summed E-state index contributed by atoms with van der Waals surface area (Å²) < 4.78 is 1.44. The van der Waals surface area contributed by atoms with E-state index in [1.807, 2.05) is 0 Å². The Morgan fingerprint density at radius 3 is 2.58 bits per heavy atom. The van der Waals surface area contributed by atoms with Crippen molar-refractivity contribution in [3.05, 3.63) is 69.4 Å². The van der Waals surface area contributed by atoms with E-state index in [-0.39, 0.29) is 5.56 Å². The van der Waals surface area contributed by atoms with Crippen molar-refractivity contribution in [3.63, 3.8) is 0 Å². The number of hydrogen-bond acceptors (Lipinski definition) is 3. The van der Waals surface area contributed by atoms with Crippen LogP contribution in [-0.4, -0.2) is 9.55 Å². The molecule has 3 aromatic rings. The molecule has 1 heterocycles. The van der Waals surface area contributed by atoms with Gasteiger partial charge in [-0.25, -0.2) is 4.79 Å². The molecule has 2 aromatic carbocycles. The molecule has 0 bridgehead atoms. The van der Waals surface area contributed by atoms with Crippen molar-refractivity contribution in [1.29, 1.82) is 0 Å². The summed E-state index contributed by atoms with van der Waals surface area (Å²) in [5.74, 6) is 0. The Morgan fingerprint density at radius 1 is 1.00 bits per heavy atom. The van der Waals surface area contributed by atoms with E-state index in [4.69, 9.17) is 5.73 Å². The van der Waals surface area contributed by atoms with Crippen LogP contribution >= 0.6 is 0 Å². The molecule has 3 rings (SSSR count). The number of fused-ring (bicyclic) bond motifs is 1. The smallest absolute Gasteiger partial charge is 0.333 e. The maximum absolute atomic E-state index is 12.0. The maximum Gasteiger partial charge on any atom is 0.333 e. The molecular weight excluding hydrogens is 242 g/mol. The zero-order valence-electron chi connectivity index (χ0n) is 9.96. The van der Waals surface area contributed by atoms with Crippen molar-refractivity contribution in [2.24, 2.45) is 0 Å². The quantitative estimate of drug-likeness (QED) is 0.641. The van der Waals surface area contributed by atoms with Crippen molar-refractivity contribution in [2.45, 2.75) is 0 Å². The normalized spacial score (nSPS) is 10.7. The molecule has 0 unspecified atom stereocenters. The van der Waals surface area contributed by atoms with Crippen LogP contribution in [0.5, 0.6) is 0 Å². The van der Waals surface area contributed by atoms with Gasteiger partial charge in [-0.15, -0.1) is 0 Å². The van der Waals surface area contributed by atoms with E-state index < -0.39 is 5.69 Å². The lowest BCUT2D eigenvalue weighted by Crippen LogP contribution is -2.29. The first-order chi connectivity index (χ1) is 9.16. The first kappa shape index (κ1) is 11.3. The Balaban J connectivity index is 2.48. The van der Waals surface area contributed by atoms with Gasteiger partial charge in [0.15, 0.2) is 0 Å². The van der Waals surface area contributed by atoms with Crippen LogP contribution in [-0.2, 0) is 0 Å². The number of nitrogens with one attached hydrogen (secondary N) is 1. The number of anilines is 1. The summed E-state index contributed by atoms with van der Waals surface area (Å²) in [6.45, 7) is 0. The largest absolute Gasteiger partial charge is 0.399 e. The van der Waals surface area contributed by atoms with Gasteiger partial charge in [-0.05, 0) is 30.3 Å². The summed E-state index contributed by atoms with van der Waals surface area (Å²) >= 11 is 0. The number of aromatic amines is 1. The number of benzene rings is 2. The van der Waals surface area contributed by atoms with Crippen LogP contribution in [0.1, 0.15) is 0 Å². The van der Waals surface area contributed by atoms with E-state index in [0.717, 1.165) is 0 Å². The fourth-order valence-electron chi connectivity index (χ4n) is 2.11. The Hall–Kier alpha value is -2.82. The number of nitrogen functional groups attached to an aromatic ring is 1. The molecule has 5 heteroatoms. The lowest BCUT2D eigenvalue weighted by atomic mass is 10.2. The molecule has 5 nitrogen and oxygen atoms in total. The van der Waals surface area contributed by atoms with Crippen LogP contribution in [0.15, 0.2) is 58.1 Å². The average molecular weight is 253 g/mol. The molecule has 3 N–H and O–H groups in total. The second kappa shape index (κ2) is 4.13. The minimum Gasteiger partial charge on any atom is -0.399 e. The summed E-state index contributed by atoms with van der Waals surface area (Å²) in [6.07, 6.45) is 0. The van der Waals surface area contributed by atoms with Crippen LogP contribution in [0, 0.1) is 0 Å². The molecule has 0 amide bonds. The third-order valence-electron chi connectivity index (χ3n) is 2.94. The van der Waals surface area contributed by atoms with Gasteiger partial charge in [0.2, 0.25) is 0 Å². The van der Waals surface area contributed by atoms with E-state index in [0.29, 0.717) is 22.3 Å². The van der Waals surface area contributed by atoms with Crippen LogP contribution in [0.4, 0.5) is 5.69 Å². The van der Waals surface area contributed by atoms with E-state index >= 15 is 0 Å². The van der Waals surface area contributed by atoms with E-state index in [2.05, 4.69) is 4.98 Å². The van der Waals surface area contributed by atoms with Gasteiger partial charge in [-0.3, -0.25) is 14.3 Å². The summed E-state index contributed by atoms with van der Waals surface area (Å²) in [7, 11) is 0. The van der Waals surface area contributed by atoms with Gasteiger partial charge in [-0.2, -0.15) is 0 Å². The Labute approximate surface area is 107 Å². The van der Waals surface area contributed by atoms with Crippen LogP contribution in [0.3, 0.4) is 0 Å². The monoisotopic (exact) mass is 253 g/mol. The van der Waals surface area contributed by atoms with E-state index in [9.17, 15) is 9.59 Å². The number of H-pyrrole nitrogens is 1. The fraction of sp³-hybridized carbons (Fsp3) is 0. The highest BCUT2D eigenvalue weighted by Gasteiger charge is 2.08. The number of nitrogens with zero attached hydrogens (tertiary/aromatic N) is 1. The van der Waals surface area contributed by atoms with Crippen molar-refractivity contribution < 1.29 is 0 Å². The predicted molar refractivity (Wildman–Crippen MR) is 74.6 cm³/mol. The van der Waals surface area contributed by atoms with Crippen LogP contribution in [0.2, 0.25) is 0 Å². The second-order valence-electron chi connectivity index (χ2n) is 4.21. The van der Waals surface area contributed by atoms with E-state index in [1.165, 1.54) is 4.57 Å². The number of aromatic nitrogens is 2.